The smallest absolute Gasteiger partial charge is 0.226 e. The van der Waals surface area contributed by atoms with Crippen molar-refractivity contribution in [3.05, 3.63) is 66.4 Å². The highest BCUT2D eigenvalue weighted by Crippen LogP contribution is 2.26. The third-order valence-corrected chi connectivity index (χ3v) is 5.57. The van der Waals surface area contributed by atoms with Gasteiger partial charge in [-0.05, 0) is 30.9 Å². The zero-order chi connectivity index (χ0) is 19.3. The number of nitrogens with one attached hydrogen (secondary N) is 1. The fourth-order valence-corrected chi connectivity index (χ4v) is 4.01. The fraction of sp³-hybridized carbons (Fsp3) is 0.348. The number of para-hydroxylation sites is 1. The Kier molecular flexibility index (Phi) is 5.51. The maximum atomic E-state index is 12.8. The zero-order valence-electron chi connectivity index (χ0n) is 16.2. The van der Waals surface area contributed by atoms with Crippen molar-refractivity contribution in [1.29, 1.82) is 0 Å². The van der Waals surface area contributed by atoms with E-state index in [1.54, 1.807) is 0 Å². The summed E-state index contributed by atoms with van der Waals surface area (Å²) in [6.45, 7) is 2.23. The molecule has 0 aliphatic heterocycles. The standard InChI is InChI=1S/C23H26N4O/c1-17-10-8-9-15-20(17)24-22(28)16-21-23(18-11-4-2-5-12-18)27(26-25-21)19-13-6-3-7-14-19/h2-7,11-14,17,20H,8-10,15-16H2,1H3,(H,24,28). The van der Waals surface area contributed by atoms with Crippen molar-refractivity contribution in [2.24, 2.45) is 5.92 Å². The molecular weight excluding hydrogens is 348 g/mol. The van der Waals surface area contributed by atoms with Gasteiger partial charge in [-0.25, -0.2) is 4.68 Å². The lowest BCUT2D eigenvalue weighted by atomic mass is 9.86. The Morgan fingerprint density at radius 3 is 2.43 bits per heavy atom. The van der Waals surface area contributed by atoms with E-state index in [2.05, 4.69) is 22.6 Å². The van der Waals surface area contributed by atoms with E-state index >= 15 is 0 Å². The minimum absolute atomic E-state index is 0.0241. The molecule has 2 aromatic carbocycles. The Labute approximate surface area is 165 Å². The molecule has 4 rings (SSSR count). The minimum Gasteiger partial charge on any atom is -0.353 e. The average molecular weight is 374 g/mol. The van der Waals surface area contributed by atoms with E-state index in [1.165, 1.54) is 19.3 Å². The fourth-order valence-electron chi connectivity index (χ4n) is 4.01. The van der Waals surface area contributed by atoms with Crippen LogP contribution in [-0.4, -0.2) is 26.9 Å². The molecule has 2 unspecified atom stereocenters. The van der Waals surface area contributed by atoms with Crippen molar-refractivity contribution in [2.45, 2.75) is 45.1 Å². The molecule has 1 heterocycles. The quantitative estimate of drug-likeness (QED) is 0.729. The lowest BCUT2D eigenvalue weighted by molar-refractivity contribution is -0.121. The van der Waals surface area contributed by atoms with Gasteiger partial charge in [-0.15, -0.1) is 5.10 Å². The molecule has 0 bridgehead atoms. The summed E-state index contributed by atoms with van der Waals surface area (Å²) < 4.78 is 1.82. The number of hydrogen-bond donors (Lipinski definition) is 1. The van der Waals surface area contributed by atoms with E-state index in [-0.39, 0.29) is 18.4 Å². The third kappa shape index (κ3) is 3.98. The molecule has 3 aromatic rings. The van der Waals surface area contributed by atoms with E-state index in [1.807, 2.05) is 65.3 Å². The normalized spacial score (nSPS) is 19.3. The van der Waals surface area contributed by atoms with Crippen LogP contribution in [0.5, 0.6) is 0 Å². The van der Waals surface area contributed by atoms with Crippen LogP contribution >= 0.6 is 0 Å². The number of carbonyl (C=O) groups is 1. The predicted octanol–water partition coefficient (Wildman–Crippen LogP) is 4.17. The van der Waals surface area contributed by atoms with Crippen molar-refractivity contribution < 1.29 is 4.79 Å². The summed E-state index contributed by atoms with van der Waals surface area (Å²) >= 11 is 0. The SMILES string of the molecule is CC1CCCCC1NC(=O)Cc1nnn(-c2ccccc2)c1-c1ccccc1. The summed E-state index contributed by atoms with van der Waals surface area (Å²) in [7, 11) is 0. The second kappa shape index (κ2) is 8.38. The first-order valence-corrected chi connectivity index (χ1v) is 10.1. The van der Waals surface area contributed by atoms with Crippen molar-refractivity contribution in [3.8, 4) is 16.9 Å². The summed E-state index contributed by atoms with van der Waals surface area (Å²) in [6, 6.07) is 20.2. The Morgan fingerprint density at radius 2 is 1.71 bits per heavy atom. The van der Waals surface area contributed by atoms with Crippen LogP contribution in [0.15, 0.2) is 60.7 Å². The molecule has 0 spiro atoms. The van der Waals surface area contributed by atoms with E-state index in [9.17, 15) is 4.79 Å². The maximum absolute atomic E-state index is 12.8. The molecule has 1 N–H and O–H groups in total. The Morgan fingerprint density at radius 1 is 1.04 bits per heavy atom. The Hall–Kier alpha value is -2.95. The first kappa shape index (κ1) is 18.4. The summed E-state index contributed by atoms with van der Waals surface area (Å²) in [6.07, 6.45) is 4.94. The molecule has 1 aromatic heterocycles. The molecule has 28 heavy (non-hydrogen) atoms. The van der Waals surface area contributed by atoms with Gasteiger partial charge in [-0.1, -0.05) is 73.5 Å². The van der Waals surface area contributed by atoms with Crippen molar-refractivity contribution in [3.63, 3.8) is 0 Å². The van der Waals surface area contributed by atoms with Gasteiger partial charge in [0.15, 0.2) is 0 Å². The van der Waals surface area contributed by atoms with Crippen LogP contribution in [0.4, 0.5) is 0 Å². The van der Waals surface area contributed by atoms with Crippen LogP contribution in [0.2, 0.25) is 0 Å². The highest BCUT2D eigenvalue weighted by molar-refractivity contribution is 5.81. The van der Waals surface area contributed by atoms with Crippen molar-refractivity contribution in [2.75, 3.05) is 0 Å². The zero-order valence-corrected chi connectivity index (χ0v) is 16.2. The maximum Gasteiger partial charge on any atom is 0.226 e. The Bertz CT molecular complexity index is 920. The van der Waals surface area contributed by atoms with Gasteiger partial charge in [0.05, 0.1) is 17.8 Å². The number of rotatable bonds is 5. The molecule has 0 saturated heterocycles. The monoisotopic (exact) mass is 374 g/mol. The van der Waals surface area contributed by atoms with E-state index < -0.39 is 0 Å². The number of amides is 1. The predicted molar refractivity (Wildman–Crippen MR) is 110 cm³/mol. The number of aromatic nitrogens is 3. The lowest BCUT2D eigenvalue weighted by Gasteiger charge is -2.29. The molecule has 144 valence electrons. The number of hydrogen-bond acceptors (Lipinski definition) is 3. The van der Waals surface area contributed by atoms with E-state index in [0.29, 0.717) is 11.6 Å². The van der Waals surface area contributed by atoms with Crippen LogP contribution in [0.1, 0.15) is 38.3 Å². The summed E-state index contributed by atoms with van der Waals surface area (Å²) in [5.41, 5.74) is 3.52. The van der Waals surface area contributed by atoms with E-state index in [4.69, 9.17) is 0 Å². The van der Waals surface area contributed by atoms with Crippen LogP contribution < -0.4 is 5.32 Å². The van der Waals surface area contributed by atoms with Crippen LogP contribution in [0.3, 0.4) is 0 Å². The topological polar surface area (TPSA) is 59.8 Å². The molecule has 1 aliphatic rings. The first-order chi connectivity index (χ1) is 13.7. The third-order valence-electron chi connectivity index (χ3n) is 5.57. The van der Waals surface area contributed by atoms with Gasteiger partial charge in [0, 0.05) is 11.6 Å². The highest BCUT2D eigenvalue weighted by Gasteiger charge is 2.24. The van der Waals surface area contributed by atoms with Gasteiger partial charge >= 0.3 is 0 Å². The molecule has 5 nitrogen and oxygen atoms in total. The minimum atomic E-state index is 0.0241. The summed E-state index contributed by atoms with van der Waals surface area (Å²) in [5, 5.41) is 12.0. The summed E-state index contributed by atoms with van der Waals surface area (Å²) in [5.74, 6) is 0.558. The van der Waals surface area contributed by atoms with Gasteiger partial charge in [0.2, 0.25) is 5.91 Å². The second-order valence-electron chi connectivity index (χ2n) is 7.61. The Balaban J connectivity index is 1.62. The van der Waals surface area contributed by atoms with Gasteiger partial charge in [-0.2, -0.15) is 0 Å². The van der Waals surface area contributed by atoms with Crippen LogP contribution in [-0.2, 0) is 11.2 Å². The summed E-state index contributed by atoms with van der Waals surface area (Å²) in [4.78, 5) is 12.8. The van der Waals surface area contributed by atoms with Gasteiger partial charge in [0.25, 0.3) is 0 Å². The number of benzene rings is 2. The molecule has 1 amide bonds. The van der Waals surface area contributed by atoms with Gasteiger partial charge in [0.1, 0.15) is 5.69 Å². The first-order valence-electron chi connectivity index (χ1n) is 10.1. The van der Waals surface area contributed by atoms with Gasteiger partial charge in [-0.3, -0.25) is 4.79 Å². The van der Waals surface area contributed by atoms with Crippen LogP contribution in [0.25, 0.3) is 16.9 Å². The van der Waals surface area contributed by atoms with Crippen molar-refractivity contribution in [1.82, 2.24) is 20.3 Å². The number of nitrogens with zero attached hydrogens (tertiary/aromatic N) is 3. The molecule has 2 atom stereocenters. The lowest BCUT2D eigenvalue weighted by Crippen LogP contribution is -2.41. The van der Waals surface area contributed by atoms with Crippen molar-refractivity contribution >= 4 is 5.91 Å². The molecule has 5 heteroatoms. The number of carbonyl (C=O) groups excluding carboxylic acids is 1. The highest BCUT2D eigenvalue weighted by atomic mass is 16.1. The average Bonchev–Trinajstić information content (AvgIpc) is 3.14. The molecule has 0 radical (unpaired) electrons. The molecule has 1 aliphatic carbocycles. The largest absolute Gasteiger partial charge is 0.353 e. The van der Waals surface area contributed by atoms with Crippen LogP contribution in [0, 0.1) is 5.92 Å². The molecule has 1 fully saturated rings. The molecular formula is C23H26N4O. The van der Waals surface area contributed by atoms with Gasteiger partial charge < -0.3 is 5.32 Å². The molecule has 1 saturated carbocycles. The van der Waals surface area contributed by atoms with E-state index in [0.717, 1.165) is 23.4 Å². The second-order valence-corrected chi connectivity index (χ2v) is 7.61.